The summed E-state index contributed by atoms with van der Waals surface area (Å²) >= 11 is 1.43. The van der Waals surface area contributed by atoms with E-state index in [0.717, 1.165) is 21.4 Å². The summed E-state index contributed by atoms with van der Waals surface area (Å²) in [4.78, 5) is 23.1. The second-order valence-corrected chi connectivity index (χ2v) is 10.7. The standard InChI is InChI=1S/C30H34N2O7S/c33-19-21-12-14-22(15-13-21)26-18-25(20-40-28-10-4-5-16-32(28)37)38-30(39-26)23-7-6-8-24(17-23)31-27(34)9-2-1-3-11-29(35)36/h4-8,10,12-17,25-26,30,33H,1-3,9,11,18-20H2,(H,31,34)(H,35,36)/t25-,26+,30+/m0/s1. The molecule has 3 atom stereocenters. The monoisotopic (exact) mass is 566 g/mol. The highest BCUT2D eigenvalue weighted by Gasteiger charge is 2.33. The Balaban J connectivity index is 1.44. The molecule has 10 heteroatoms. The van der Waals surface area contributed by atoms with E-state index in [1.165, 1.54) is 18.0 Å². The molecule has 9 nitrogen and oxygen atoms in total. The van der Waals surface area contributed by atoms with Gasteiger partial charge in [-0.2, -0.15) is 4.73 Å². The average molecular weight is 567 g/mol. The summed E-state index contributed by atoms with van der Waals surface area (Å²) in [6.45, 7) is -0.0378. The summed E-state index contributed by atoms with van der Waals surface area (Å²) in [5.41, 5.74) is 3.15. The number of carbonyl (C=O) groups is 2. The molecule has 40 heavy (non-hydrogen) atoms. The van der Waals surface area contributed by atoms with Crippen molar-refractivity contribution in [3.05, 3.63) is 94.8 Å². The van der Waals surface area contributed by atoms with Crippen LogP contribution in [0.1, 0.15) is 67.6 Å². The number of carboxylic acids is 1. The fourth-order valence-electron chi connectivity index (χ4n) is 4.45. The number of ether oxygens (including phenoxy) is 2. The van der Waals surface area contributed by atoms with Gasteiger partial charge in [0.1, 0.15) is 0 Å². The van der Waals surface area contributed by atoms with E-state index in [0.29, 0.717) is 48.6 Å². The number of nitrogens with one attached hydrogen (secondary N) is 1. The van der Waals surface area contributed by atoms with Crippen molar-refractivity contribution in [3.63, 3.8) is 0 Å². The first-order valence-corrected chi connectivity index (χ1v) is 14.3. The molecule has 0 aliphatic carbocycles. The van der Waals surface area contributed by atoms with Crippen molar-refractivity contribution >= 4 is 29.3 Å². The highest BCUT2D eigenvalue weighted by molar-refractivity contribution is 7.99. The molecular weight excluding hydrogens is 532 g/mol. The largest absolute Gasteiger partial charge is 0.618 e. The highest BCUT2D eigenvalue weighted by atomic mass is 32.2. The van der Waals surface area contributed by atoms with Crippen molar-refractivity contribution in [3.8, 4) is 0 Å². The van der Waals surface area contributed by atoms with Crippen molar-refractivity contribution in [2.24, 2.45) is 0 Å². The Bertz CT molecular complexity index is 1270. The zero-order chi connectivity index (χ0) is 28.3. The van der Waals surface area contributed by atoms with E-state index in [4.69, 9.17) is 14.6 Å². The first kappa shape index (κ1) is 29.5. The minimum Gasteiger partial charge on any atom is -0.618 e. The fraction of sp³-hybridized carbons (Fsp3) is 0.367. The van der Waals surface area contributed by atoms with Crippen LogP contribution in [0.5, 0.6) is 0 Å². The Morgan fingerprint density at radius 1 is 0.975 bits per heavy atom. The first-order valence-electron chi connectivity index (χ1n) is 13.3. The second kappa shape index (κ2) is 14.8. The smallest absolute Gasteiger partial charge is 0.303 e. The number of aliphatic hydroxyl groups is 1. The molecular formula is C30H34N2O7S. The van der Waals surface area contributed by atoms with Crippen molar-refractivity contribution in [1.82, 2.24) is 0 Å². The van der Waals surface area contributed by atoms with Crippen molar-refractivity contribution in [2.45, 2.75) is 68.7 Å². The molecule has 0 bridgehead atoms. The molecule has 1 aliphatic rings. The maximum Gasteiger partial charge on any atom is 0.303 e. The Morgan fingerprint density at radius 2 is 1.77 bits per heavy atom. The lowest BCUT2D eigenvalue weighted by atomic mass is 10.0. The van der Waals surface area contributed by atoms with Gasteiger partial charge in [-0.15, -0.1) is 0 Å². The van der Waals surface area contributed by atoms with Crippen LogP contribution in [-0.4, -0.2) is 33.9 Å². The van der Waals surface area contributed by atoms with Gasteiger partial charge in [0, 0.05) is 48.4 Å². The molecule has 1 amide bonds. The number of nitrogens with zero attached hydrogens (tertiary/aromatic N) is 1. The number of hydrogen-bond acceptors (Lipinski definition) is 7. The topological polar surface area (TPSA) is 132 Å². The van der Waals surface area contributed by atoms with E-state index in [9.17, 15) is 19.9 Å². The lowest BCUT2D eigenvalue weighted by Crippen LogP contribution is -2.32. The summed E-state index contributed by atoms with van der Waals surface area (Å²) in [6, 6.07) is 20.3. The molecule has 1 fully saturated rings. The van der Waals surface area contributed by atoms with Gasteiger partial charge in [-0.05, 0) is 42.2 Å². The third-order valence-corrected chi connectivity index (χ3v) is 7.71. The zero-order valence-electron chi connectivity index (χ0n) is 22.1. The number of carboxylic acid groups (broad SMARTS) is 1. The number of benzene rings is 2. The molecule has 0 saturated carbocycles. The van der Waals surface area contributed by atoms with Gasteiger partial charge in [-0.1, -0.05) is 54.6 Å². The molecule has 3 N–H and O–H groups in total. The zero-order valence-corrected chi connectivity index (χ0v) is 22.9. The highest BCUT2D eigenvalue weighted by Crippen LogP contribution is 2.39. The van der Waals surface area contributed by atoms with E-state index in [1.54, 1.807) is 18.2 Å². The first-order chi connectivity index (χ1) is 19.4. The van der Waals surface area contributed by atoms with E-state index in [2.05, 4.69) is 5.32 Å². The molecule has 2 aromatic carbocycles. The number of thioether (sulfide) groups is 1. The number of anilines is 1. The number of rotatable bonds is 13. The van der Waals surface area contributed by atoms with Gasteiger partial charge in [0.2, 0.25) is 5.91 Å². The van der Waals surface area contributed by atoms with Crippen LogP contribution in [0.4, 0.5) is 5.69 Å². The maximum atomic E-state index is 12.4. The second-order valence-electron chi connectivity index (χ2n) is 9.65. The number of aromatic nitrogens is 1. The number of pyridine rings is 1. The number of aliphatic hydroxyl groups excluding tert-OH is 1. The van der Waals surface area contributed by atoms with Crippen molar-refractivity contribution in [1.29, 1.82) is 0 Å². The van der Waals surface area contributed by atoms with Gasteiger partial charge in [-0.25, -0.2) is 0 Å². The lowest BCUT2D eigenvalue weighted by Gasteiger charge is -2.36. The van der Waals surface area contributed by atoms with Crippen molar-refractivity contribution < 1.29 is 34.0 Å². The summed E-state index contributed by atoms with van der Waals surface area (Å²) in [5, 5.41) is 33.8. The number of amides is 1. The van der Waals surface area contributed by atoms with Crippen LogP contribution in [-0.2, 0) is 25.7 Å². The average Bonchev–Trinajstić information content (AvgIpc) is 2.96. The molecule has 2 heterocycles. The minimum atomic E-state index is -0.826. The van der Waals surface area contributed by atoms with Crippen LogP contribution < -0.4 is 10.0 Å². The lowest BCUT2D eigenvalue weighted by molar-refractivity contribution is -0.645. The Morgan fingerprint density at radius 3 is 2.52 bits per heavy atom. The van der Waals surface area contributed by atoms with Gasteiger partial charge in [0.05, 0.1) is 18.8 Å². The van der Waals surface area contributed by atoms with E-state index in [1.807, 2.05) is 48.5 Å². The molecule has 4 rings (SSSR count). The maximum absolute atomic E-state index is 12.4. The Kier molecular flexibility index (Phi) is 10.9. The van der Waals surface area contributed by atoms with E-state index in [-0.39, 0.29) is 31.1 Å². The van der Waals surface area contributed by atoms with Gasteiger partial charge in [0.15, 0.2) is 12.5 Å². The van der Waals surface area contributed by atoms with Gasteiger partial charge >= 0.3 is 5.97 Å². The predicted molar refractivity (Wildman–Crippen MR) is 150 cm³/mol. The molecule has 0 spiro atoms. The minimum absolute atomic E-state index is 0.0378. The summed E-state index contributed by atoms with van der Waals surface area (Å²) < 4.78 is 13.6. The fourth-order valence-corrected chi connectivity index (χ4v) is 5.38. The molecule has 0 radical (unpaired) electrons. The summed E-state index contributed by atoms with van der Waals surface area (Å²) in [7, 11) is 0. The van der Waals surface area contributed by atoms with Crippen LogP contribution in [0.15, 0.2) is 78.0 Å². The summed E-state index contributed by atoms with van der Waals surface area (Å²) in [5.74, 6) is -0.411. The number of hydrogen-bond donors (Lipinski definition) is 3. The quantitative estimate of drug-likeness (QED) is 0.112. The molecule has 1 saturated heterocycles. The van der Waals surface area contributed by atoms with E-state index >= 15 is 0 Å². The van der Waals surface area contributed by atoms with Crippen LogP contribution >= 0.6 is 11.8 Å². The normalized spacial score (nSPS) is 18.8. The third-order valence-electron chi connectivity index (χ3n) is 6.56. The molecule has 1 aromatic heterocycles. The predicted octanol–water partition coefficient (Wildman–Crippen LogP) is 5.12. The third kappa shape index (κ3) is 8.79. The van der Waals surface area contributed by atoms with Gasteiger partial charge in [-0.3, -0.25) is 9.59 Å². The Hall–Kier alpha value is -3.44. The van der Waals surface area contributed by atoms with Crippen LogP contribution in [0.3, 0.4) is 0 Å². The molecule has 0 unspecified atom stereocenters. The van der Waals surface area contributed by atoms with Crippen molar-refractivity contribution in [2.75, 3.05) is 11.1 Å². The van der Waals surface area contributed by atoms with Gasteiger partial charge in [0.25, 0.3) is 5.03 Å². The van der Waals surface area contributed by atoms with E-state index < -0.39 is 12.3 Å². The van der Waals surface area contributed by atoms with Gasteiger partial charge < -0.3 is 30.2 Å². The van der Waals surface area contributed by atoms with Crippen LogP contribution in [0.25, 0.3) is 0 Å². The molecule has 212 valence electrons. The van der Waals surface area contributed by atoms with Crippen LogP contribution in [0.2, 0.25) is 0 Å². The summed E-state index contributed by atoms with van der Waals surface area (Å²) in [6.07, 6.45) is 3.16. The number of carbonyl (C=O) groups excluding carboxylic acids is 1. The molecule has 1 aliphatic heterocycles. The number of aliphatic carboxylic acids is 1. The van der Waals surface area contributed by atoms with Crippen LogP contribution in [0, 0.1) is 5.21 Å². The SMILES string of the molecule is O=C(O)CCCCCC(=O)Nc1cccc([C@@H]2O[C@H](CSc3cccc[n+]3[O-])C[C@H](c3ccc(CO)cc3)O2)c1. The Labute approximate surface area is 237 Å². The number of unbranched alkanes of at least 4 members (excludes halogenated alkanes) is 2. The molecule has 3 aromatic rings.